The molecule has 0 bridgehead atoms. The van der Waals surface area contributed by atoms with E-state index in [2.05, 4.69) is 10.3 Å². The Bertz CT molecular complexity index is 323. The Kier molecular flexibility index (Phi) is 3.19. The van der Waals surface area contributed by atoms with E-state index in [4.69, 9.17) is 18.0 Å². The molecule has 0 atom stereocenters. The first-order chi connectivity index (χ1) is 6.13. The summed E-state index contributed by atoms with van der Waals surface area (Å²) in [7, 11) is 0. The zero-order chi connectivity index (χ0) is 9.84. The predicted molar refractivity (Wildman–Crippen MR) is 59.0 cm³/mol. The van der Waals surface area contributed by atoms with Crippen LogP contribution in [0, 0.1) is 6.92 Å². The molecule has 1 aromatic heterocycles. The molecule has 0 spiro atoms. The van der Waals surface area contributed by atoms with E-state index in [9.17, 15) is 0 Å². The molecule has 4 heteroatoms. The van der Waals surface area contributed by atoms with Gasteiger partial charge in [0.05, 0.1) is 0 Å². The van der Waals surface area contributed by atoms with E-state index >= 15 is 0 Å². The minimum Gasteiger partial charge on any atom is -0.389 e. The zero-order valence-corrected chi connectivity index (χ0v) is 8.61. The lowest BCUT2D eigenvalue weighted by atomic mass is 10.2. The van der Waals surface area contributed by atoms with Crippen molar-refractivity contribution in [3.8, 4) is 0 Å². The minimum atomic E-state index is 0.407. The van der Waals surface area contributed by atoms with Crippen LogP contribution < -0.4 is 11.1 Å². The van der Waals surface area contributed by atoms with E-state index in [1.54, 1.807) is 0 Å². The van der Waals surface area contributed by atoms with E-state index in [1.165, 1.54) is 0 Å². The van der Waals surface area contributed by atoms with Crippen molar-refractivity contribution in [2.75, 3.05) is 11.9 Å². The first-order valence-corrected chi connectivity index (χ1v) is 4.56. The molecule has 0 fully saturated rings. The van der Waals surface area contributed by atoms with E-state index < -0.39 is 0 Å². The highest BCUT2D eigenvalue weighted by atomic mass is 32.1. The van der Waals surface area contributed by atoms with Gasteiger partial charge in [0.15, 0.2) is 0 Å². The van der Waals surface area contributed by atoms with E-state index in [-0.39, 0.29) is 0 Å². The van der Waals surface area contributed by atoms with E-state index in [0.29, 0.717) is 4.99 Å². The molecule has 0 radical (unpaired) electrons. The minimum absolute atomic E-state index is 0.407. The quantitative estimate of drug-likeness (QED) is 0.717. The number of nitrogens with two attached hydrogens (primary N) is 1. The van der Waals surface area contributed by atoms with Crippen LogP contribution in [0.3, 0.4) is 0 Å². The van der Waals surface area contributed by atoms with E-state index in [0.717, 1.165) is 23.6 Å². The summed E-state index contributed by atoms with van der Waals surface area (Å²) in [6, 6.07) is 3.74. The summed E-state index contributed by atoms with van der Waals surface area (Å²) in [5, 5.41) is 3.12. The summed E-state index contributed by atoms with van der Waals surface area (Å²) in [6.07, 6.45) is 0. The lowest BCUT2D eigenvalue weighted by molar-refractivity contribution is 1.12. The molecule has 0 amide bonds. The molecule has 3 N–H and O–H groups in total. The van der Waals surface area contributed by atoms with Crippen LogP contribution in [0.1, 0.15) is 18.2 Å². The second kappa shape index (κ2) is 4.18. The molecule has 0 unspecified atom stereocenters. The molecule has 13 heavy (non-hydrogen) atoms. The number of aryl methyl sites for hydroxylation is 1. The zero-order valence-electron chi connectivity index (χ0n) is 7.79. The van der Waals surface area contributed by atoms with Gasteiger partial charge in [0, 0.05) is 17.8 Å². The van der Waals surface area contributed by atoms with Crippen molar-refractivity contribution >= 4 is 23.0 Å². The van der Waals surface area contributed by atoms with Crippen LogP contribution in [-0.4, -0.2) is 16.5 Å². The molecule has 70 valence electrons. The Morgan fingerprint density at radius 3 is 2.85 bits per heavy atom. The standard InChI is InChI=1S/C9H13N3S/c1-3-11-8-5-7(9(10)13)4-6(2)12-8/h4-5H,3H2,1-2H3,(H2,10,13)(H,11,12). The maximum atomic E-state index is 5.52. The number of hydrogen-bond acceptors (Lipinski definition) is 3. The van der Waals surface area contributed by atoms with Crippen LogP contribution in [0.2, 0.25) is 0 Å². The Balaban J connectivity index is 3.03. The maximum absolute atomic E-state index is 5.52. The van der Waals surface area contributed by atoms with Crippen molar-refractivity contribution in [3.05, 3.63) is 23.4 Å². The van der Waals surface area contributed by atoms with Gasteiger partial charge in [0.2, 0.25) is 0 Å². The fourth-order valence-corrected chi connectivity index (χ4v) is 1.20. The molecular formula is C9H13N3S. The van der Waals surface area contributed by atoms with Crippen LogP contribution in [0.5, 0.6) is 0 Å². The summed E-state index contributed by atoms with van der Waals surface area (Å²) >= 11 is 4.89. The molecule has 0 aliphatic rings. The van der Waals surface area contributed by atoms with Gasteiger partial charge in [-0.15, -0.1) is 0 Å². The number of nitrogens with one attached hydrogen (secondary N) is 1. The van der Waals surface area contributed by atoms with Crippen LogP contribution >= 0.6 is 12.2 Å². The topological polar surface area (TPSA) is 50.9 Å². The summed E-state index contributed by atoms with van der Waals surface area (Å²) in [5.41, 5.74) is 7.30. The van der Waals surface area contributed by atoms with Gasteiger partial charge in [-0.1, -0.05) is 12.2 Å². The molecule has 1 rings (SSSR count). The van der Waals surface area contributed by atoms with Gasteiger partial charge in [-0.05, 0) is 26.0 Å². The van der Waals surface area contributed by atoms with Crippen LogP contribution in [0.4, 0.5) is 5.82 Å². The van der Waals surface area contributed by atoms with Crippen molar-refractivity contribution in [2.24, 2.45) is 5.73 Å². The number of thiocarbonyl (C=S) groups is 1. The smallest absolute Gasteiger partial charge is 0.126 e. The normalized spacial score (nSPS) is 9.69. The van der Waals surface area contributed by atoms with Crippen molar-refractivity contribution < 1.29 is 0 Å². The molecule has 3 nitrogen and oxygen atoms in total. The van der Waals surface area contributed by atoms with Gasteiger partial charge in [-0.2, -0.15) is 0 Å². The lowest BCUT2D eigenvalue weighted by Gasteiger charge is -2.06. The van der Waals surface area contributed by atoms with Gasteiger partial charge in [-0.25, -0.2) is 4.98 Å². The third-order valence-corrected chi connectivity index (χ3v) is 1.83. The van der Waals surface area contributed by atoms with Gasteiger partial charge >= 0.3 is 0 Å². The molecule has 1 heterocycles. The van der Waals surface area contributed by atoms with E-state index in [1.807, 2.05) is 26.0 Å². The second-order valence-electron chi connectivity index (χ2n) is 2.78. The fraction of sp³-hybridized carbons (Fsp3) is 0.333. The third kappa shape index (κ3) is 2.66. The van der Waals surface area contributed by atoms with Crippen molar-refractivity contribution in [1.82, 2.24) is 4.98 Å². The van der Waals surface area contributed by atoms with Crippen LogP contribution in [0.25, 0.3) is 0 Å². The molecule has 1 aromatic rings. The molecule has 0 aliphatic carbocycles. The second-order valence-corrected chi connectivity index (χ2v) is 3.22. The summed E-state index contributed by atoms with van der Waals surface area (Å²) < 4.78 is 0. The van der Waals surface area contributed by atoms with Crippen molar-refractivity contribution in [3.63, 3.8) is 0 Å². The average molecular weight is 195 g/mol. The Morgan fingerprint density at radius 2 is 2.31 bits per heavy atom. The Hall–Kier alpha value is -1.16. The largest absolute Gasteiger partial charge is 0.389 e. The first kappa shape index (κ1) is 9.92. The number of aromatic nitrogens is 1. The van der Waals surface area contributed by atoms with Gasteiger partial charge in [-0.3, -0.25) is 0 Å². The maximum Gasteiger partial charge on any atom is 0.126 e. The SMILES string of the molecule is CCNc1cc(C(N)=S)cc(C)n1. The van der Waals surface area contributed by atoms with Crippen molar-refractivity contribution in [1.29, 1.82) is 0 Å². The van der Waals surface area contributed by atoms with Gasteiger partial charge < -0.3 is 11.1 Å². The molecule has 0 aliphatic heterocycles. The number of pyridine rings is 1. The fourth-order valence-electron chi connectivity index (χ4n) is 1.08. The number of anilines is 1. The lowest BCUT2D eigenvalue weighted by Crippen LogP contribution is -2.11. The molecule has 0 saturated heterocycles. The summed E-state index contributed by atoms with van der Waals surface area (Å²) in [4.78, 5) is 4.69. The van der Waals surface area contributed by atoms with Gasteiger partial charge in [0.25, 0.3) is 0 Å². The predicted octanol–water partition coefficient (Wildman–Crippen LogP) is 1.46. The highest BCUT2D eigenvalue weighted by molar-refractivity contribution is 7.80. The molecular weight excluding hydrogens is 182 g/mol. The molecule has 0 aromatic carbocycles. The molecule has 0 saturated carbocycles. The first-order valence-electron chi connectivity index (χ1n) is 4.16. The third-order valence-electron chi connectivity index (χ3n) is 1.60. The summed E-state index contributed by atoms with van der Waals surface area (Å²) in [6.45, 7) is 4.78. The Labute approximate surface area is 83.4 Å². The number of hydrogen-bond donors (Lipinski definition) is 2. The van der Waals surface area contributed by atoms with Crippen LogP contribution in [-0.2, 0) is 0 Å². The summed E-state index contributed by atoms with van der Waals surface area (Å²) in [5.74, 6) is 0.824. The van der Waals surface area contributed by atoms with Gasteiger partial charge in [0.1, 0.15) is 10.8 Å². The average Bonchev–Trinajstić information content (AvgIpc) is 2.03. The van der Waals surface area contributed by atoms with Crippen molar-refractivity contribution in [2.45, 2.75) is 13.8 Å². The number of rotatable bonds is 3. The highest BCUT2D eigenvalue weighted by Crippen LogP contribution is 2.09. The monoisotopic (exact) mass is 195 g/mol. The number of nitrogens with zero attached hydrogens (tertiary/aromatic N) is 1. The Morgan fingerprint density at radius 1 is 1.62 bits per heavy atom. The van der Waals surface area contributed by atoms with Crippen LogP contribution in [0.15, 0.2) is 12.1 Å². The highest BCUT2D eigenvalue weighted by Gasteiger charge is 2.00.